The number of ether oxygens (including phenoxy) is 1. The molecule has 4 heteroatoms. The van der Waals surface area contributed by atoms with Gasteiger partial charge in [-0.3, -0.25) is 0 Å². The Morgan fingerprint density at radius 1 is 1.57 bits per heavy atom. The van der Waals surface area contributed by atoms with Gasteiger partial charge in [-0.2, -0.15) is 5.26 Å². The van der Waals surface area contributed by atoms with Crippen LogP contribution in [0.15, 0.2) is 12.1 Å². The topological polar surface area (TPSA) is 59.0 Å². The number of rotatable bonds is 2. The lowest BCUT2D eigenvalue weighted by Gasteiger charge is -2.10. The van der Waals surface area contributed by atoms with Crippen LogP contribution in [0, 0.1) is 24.1 Å². The molecule has 74 valence electrons. The third-order valence-electron chi connectivity index (χ3n) is 1.91. The van der Waals surface area contributed by atoms with Crippen LogP contribution in [0.3, 0.4) is 0 Å². The van der Waals surface area contributed by atoms with Crippen LogP contribution in [0.5, 0.6) is 5.75 Å². The van der Waals surface area contributed by atoms with E-state index in [-0.39, 0.29) is 11.3 Å². The van der Waals surface area contributed by atoms with Crippen LogP contribution >= 0.6 is 0 Å². The molecule has 0 aromatic heterocycles. The van der Waals surface area contributed by atoms with Gasteiger partial charge in [-0.05, 0) is 18.6 Å². The second-order valence-corrected chi connectivity index (χ2v) is 2.98. The molecule has 0 saturated heterocycles. The summed E-state index contributed by atoms with van der Waals surface area (Å²) in [7, 11) is 1.37. The van der Waals surface area contributed by atoms with Crippen LogP contribution in [0.2, 0.25) is 0 Å². The van der Waals surface area contributed by atoms with Crippen molar-refractivity contribution in [3.8, 4) is 11.8 Å². The number of hydrogen-bond donors (Lipinski definition) is 1. The average molecular weight is 194 g/mol. The molecule has 3 nitrogen and oxygen atoms in total. The Bertz CT molecular complexity index is 384. The zero-order valence-corrected chi connectivity index (χ0v) is 8.04. The van der Waals surface area contributed by atoms with E-state index in [9.17, 15) is 4.39 Å². The summed E-state index contributed by atoms with van der Waals surface area (Å²) in [6.07, 6.45) is 0. The minimum absolute atomic E-state index is 0.116. The summed E-state index contributed by atoms with van der Waals surface area (Å²) < 4.78 is 18.4. The van der Waals surface area contributed by atoms with Gasteiger partial charge < -0.3 is 10.5 Å². The van der Waals surface area contributed by atoms with Crippen LogP contribution < -0.4 is 10.5 Å². The summed E-state index contributed by atoms with van der Waals surface area (Å²) in [6, 6.07) is 3.93. The number of aryl methyl sites for hydroxylation is 1. The van der Waals surface area contributed by atoms with Gasteiger partial charge in [-0.25, -0.2) is 4.39 Å². The standard InChI is InChI=1S/C10H11FN2O/c1-6-3-7(8(13)5-12)10(11)9(4-6)14-2/h3-4,8H,13H2,1-2H3. The molecule has 0 aliphatic carbocycles. The fourth-order valence-electron chi connectivity index (χ4n) is 1.21. The molecule has 0 amide bonds. The second kappa shape index (κ2) is 4.07. The molecule has 0 saturated carbocycles. The highest BCUT2D eigenvalue weighted by Crippen LogP contribution is 2.25. The van der Waals surface area contributed by atoms with E-state index in [4.69, 9.17) is 15.7 Å². The number of halogens is 1. The van der Waals surface area contributed by atoms with Gasteiger partial charge in [-0.1, -0.05) is 6.07 Å². The molecular weight excluding hydrogens is 183 g/mol. The first kappa shape index (κ1) is 10.5. The van der Waals surface area contributed by atoms with Gasteiger partial charge in [0.2, 0.25) is 0 Å². The number of nitrogens with two attached hydrogens (primary N) is 1. The van der Waals surface area contributed by atoms with Crippen LogP contribution in [-0.4, -0.2) is 7.11 Å². The van der Waals surface area contributed by atoms with Gasteiger partial charge >= 0.3 is 0 Å². The van der Waals surface area contributed by atoms with Crippen molar-refractivity contribution in [3.05, 3.63) is 29.1 Å². The lowest BCUT2D eigenvalue weighted by molar-refractivity contribution is 0.383. The van der Waals surface area contributed by atoms with Crippen LogP contribution in [0.4, 0.5) is 4.39 Å². The minimum Gasteiger partial charge on any atom is -0.494 e. The molecule has 0 aliphatic rings. The molecule has 0 bridgehead atoms. The summed E-state index contributed by atoms with van der Waals surface area (Å²) >= 11 is 0. The Kier molecular flexibility index (Phi) is 3.05. The molecule has 2 N–H and O–H groups in total. The van der Waals surface area contributed by atoms with Gasteiger partial charge in [0.05, 0.1) is 13.2 Å². The molecule has 1 atom stereocenters. The molecule has 0 spiro atoms. The van der Waals surface area contributed by atoms with E-state index in [1.807, 2.05) is 0 Å². The molecule has 0 aliphatic heterocycles. The number of nitrogens with zero attached hydrogens (tertiary/aromatic N) is 1. The molecule has 0 fully saturated rings. The Morgan fingerprint density at radius 3 is 2.71 bits per heavy atom. The molecule has 1 aromatic rings. The molecule has 1 rings (SSSR count). The lowest BCUT2D eigenvalue weighted by atomic mass is 10.0. The monoisotopic (exact) mass is 194 g/mol. The highest BCUT2D eigenvalue weighted by atomic mass is 19.1. The van der Waals surface area contributed by atoms with Crippen molar-refractivity contribution < 1.29 is 9.13 Å². The quantitative estimate of drug-likeness (QED) is 0.778. The van der Waals surface area contributed by atoms with Crippen molar-refractivity contribution in [1.82, 2.24) is 0 Å². The van der Waals surface area contributed by atoms with E-state index >= 15 is 0 Å². The largest absolute Gasteiger partial charge is 0.494 e. The third kappa shape index (κ3) is 1.83. The zero-order chi connectivity index (χ0) is 10.7. The van der Waals surface area contributed by atoms with Crippen molar-refractivity contribution >= 4 is 0 Å². The second-order valence-electron chi connectivity index (χ2n) is 2.98. The maximum absolute atomic E-state index is 13.5. The molecular formula is C10H11FN2O. The minimum atomic E-state index is -0.955. The Balaban J connectivity index is 3.30. The van der Waals surface area contributed by atoms with Gasteiger partial charge in [0, 0.05) is 5.56 Å². The normalized spacial score (nSPS) is 11.9. The van der Waals surface area contributed by atoms with Gasteiger partial charge in [-0.15, -0.1) is 0 Å². The first-order valence-corrected chi connectivity index (χ1v) is 4.09. The predicted molar refractivity (Wildman–Crippen MR) is 50.2 cm³/mol. The van der Waals surface area contributed by atoms with E-state index in [0.29, 0.717) is 0 Å². The number of benzene rings is 1. The van der Waals surface area contributed by atoms with Gasteiger partial charge in [0.15, 0.2) is 11.6 Å². The van der Waals surface area contributed by atoms with Crippen molar-refractivity contribution in [2.45, 2.75) is 13.0 Å². The van der Waals surface area contributed by atoms with E-state index in [2.05, 4.69) is 0 Å². The van der Waals surface area contributed by atoms with Crippen LogP contribution in [-0.2, 0) is 0 Å². The average Bonchev–Trinajstić information content (AvgIpc) is 2.19. The Hall–Kier alpha value is -1.60. The van der Waals surface area contributed by atoms with E-state index in [1.165, 1.54) is 7.11 Å². The highest BCUT2D eigenvalue weighted by molar-refractivity contribution is 5.39. The fourth-order valence-corrected chi connectivity index (χ4v) is 1.21. The molecule has 14 heavy (non-hydrogen) atoms. The molecule has 0 heterocycles. The summed E-state index contributed by atoms with van der Waals surface area (Å²) in [5.74, 6) is -0.446. The van der Waals surface area contributed by atoms with Crippen molar-refractivity contribution in [2.24, 2.45) is 5.73 Å². The van der Waals surface area contributed by atoms with Crippen LogP contribution in [0.1, 0.15) is 17.2 Å². The van der Waals surface area contributed by atoms with Crippen LogP contribution in [0.25, 0.3) is 0 Å². The fraction of sp³-hybridized carbons (Fsp3) is 0.300. The van der Waals surface area contributed by atoms with E-state index in [0.717, 1.165) is 5.56 Å². The molecule has 1 aromatic carbocycles. The van der Waals surface area contributed by atoms with E-state index < -0.39 is 11.9 Å². The van der Waals surface area contributed by atoms with Crippen molar-refractivity contribution in [3.63, 3.8) is 0 Å². The van der Waals surface area contributed by atoms with E-state index in [1.54, 1.807) is 25.1 Å². The molecule has 1 unspecified atom stereocenters. The number of hydrogen-bond acceptors (Lipinski definition) is 3. The molecule has 0 radical (unpaired) electrons. The Labute approximate surface area is 81.9 Å². The van der Waals surface area contributed by atoms with Gasteiger partial charge in [0.1, 0.15) is 6.04 Å². The summed E-state index contributed by atoms with van der Waals surface area (Å²) in [5.41, 5.74) is 6.41. The predicted octanol–water partition coefficient (Wildman–Crippen LogP) is 1.67. The maximum Gasteiger partial charge on any atom is 0.170 e. The number of nitriles is 1. The summed E-state index contributed by atoms with van der Waals surface area (Å²) in [6.45, 7) is 1.79. The zero-order valence-electron chi connectivity index (χ0n) is 8.04. The number of methoxy groups -OCH3 is 1. The SMILES string of the molecule is COc1cc(C)cc(C(N)C#N)c1F. The Morgan fingerprint density at radius 2 is 2.21 bits per heavy atom. The third-order valence-corrected chi connectivity index (χ3v) is 1.91. The summed E-state index contributed by atoms with van der Waals surface area (Å²) in [5, 5.41) is 8.58. The first-order valence-electron chi connectivity index (χ1n) is 4.09. The smallest absolute Gasteiger partial charge is 0.170 e. The highest BCUT2D eigenvalue weighted by Gasteiger charge is 2.15. The first-order chi connectivity index (χ1) is 6.60. The van der Waals surface area contributed by atoms with Crippen molar-refractivity contribution in [2.75, 3.05) is 7.11 Å². The summed E-state index contributed by atoms with van der Waals surface area (Å²) in [4.78, 5) is 0. The van der Waals surface area contributed by atoms with Gasteiger partial charge in [0.25, 0.3) is 0 Å². The van der Waals surface area contributed by atoms with Crippen molar-refractivity contribution in [1.29, 1.82) is 5.26 Å². The lowest BCUT2D eigenvalue weighted by Crippen LogP contribution is -2.10. The maximum atomic E-state index is 13.5.